The maximum atomic E-state index is 2.59. The zero-order chi connectivity index (χ0) is 42.6. The molecule has 302 valence electrons. The summed E-state index contributed by atoms with van der Waals surface area (Å²) < 4.78 is 2.58. The molecule has 2 aliphatic rings. The fourth-order valence-corrected chi connectivity index (χ4v) is 16.7. The molecule has 3 nitrogen and oxygen atoms in total. The van der Waals surface area contributed by atoms with Crippen molar-refractivity contribution < 1.29 is 0 Å². The molecule has 0 bridgehead atoms. The van der Waals surface area contributed by atoms with Crippen LogP contribution < -0.4 is 46.9 Å². The van der Waals surface area contributed by atoms with Gasteiger partial charge in [0.2, 0.25) is 0 Å². The van der Waals surface area contributed by atoms with E-state index in [1.165, 1.54) is 98.0 Å². The van der Waals surface area contributed by atoms with Crippen molar-refractivity contribution in [3.63, 3.8) is 0 Å². The molecule has 65 heavy (non-hydrogen) atoms. The van der Waals surface area contributed by atoms with E-state index in [0.717, 1.165) is 11.4 Å². The highest BCUT2D eigenvalue weighted by Gasteiger charge is 2.45. The second-order valence-electron chi connectivity index (χ2n) is 17.6. The van der Waals surface area contributed by atoms with Crippen molar-refractivity contribution in [2.75, 3.05) is 9.80 Å². The van der Waals surface area contributed by atoms with Gasteiger partial charge < -0.3 is 14.2 Å². The van der Waals surface area contributed by atoms with Crippen molar-refractivity contribution in [3.8, 4) is 0 Å². The first-order valence-electron chi connectivity index (χ1n) is 22.6. The predicted molar refractivity (Wildman–Crippen MR) is 279 cm³/mol. The van der Waals surface area contributed by atoms with Crippen LogP contribution in [0, 0.1) is 0 Å². The second kappa shape index (κ2) is 13.9. The van der Waals surface area contributed by atoms with E-state index in [2.05, 4.69) is 257 Å². The molecule has 0 saturated carbocycles. The molecule has 5 heteroatoms. The molecule has 0 unspecified atom stereocenters. The third-order valence-corrected chi connectivity index (χ3v) is 19.2. The fraction of sp³-hybridized carbons (Fsp3) is 0. The highest BCUT2D eigenvalue weighted by atomic mass is 28.3. The normalized spacial score (nSPS) is 13.1. The Labute approximate surface area is 379 Å². The van der Waals surface area contributed by atoms with Crippen molar-refractivity contribution in [1.29, 1.82) is 0 Å². The highest BCUT2D eigenvalue weighted by molar-refractivity contribution is 7.20. The molecular weight excluding hydrogens is 802 g/mol. The molecule has 2 aromatic heterocycles. The molecule has 4 heterocycles. The van der Waals surface area contributed by atoms with Gasteiger partial charge in [0.25, 0.3) is 6.71 Å². The Morgan fingerprint density at radius 3 is 1.38 bits per heavy atom. The number of hydrogen-bond donors (Lipinski definition) is 0. The van der Waals surface area contributed by atoms with Crippen LogP contribution >= 0.6 is 0 Å². The van der Waals surface area contributed by atoms with Crippen LogP contribution in [0.2, 0.25) is 0 Å². The SMILES string of the molecule is c1ccc(N2c3ccccc3B3c4cc5c(cc4N(c4ccccc4)c4cccc2c43)c2cc([Si](c3ccccc3)(c3ccccc3)c3ccccc3)cc3c4ccccc4n5c32)cc1. The first-order valence-corrected chi connectivity index (χ1v) is 24.6. The zero-order valence-electron chi connectivity index (χ0n) is 35.5. The Kier molecular flexibility index (Phi) is 7.80. The largest absolute Gasteiger partial charge is 0.311 e. The van der Waals surface area contributed by atoms with E-state index in [1.54, 1.807) is 0 Å². The minimum atomic E-state index is -2.88. The Morgan fingerprint density at radius 2 is 0.785 bits per heavy atom. The Bertz CT molecular complexity index is 3680. The van der Waals surface area contributed by atoms with E-state index < -0.39 is 8.07 Å². The van der Waals surface area contributed by atoms with Gasteiger partial charge in [0.1, 0.15) is 0 Å². The Balaban J connectivity index is 1.13. The van der Waals surface area contributed by atoms with E-state index in [1.807, 2.05) is 0 Å². The second-order valence-corrected chi connectivity index (χ2v) is 21.4. The number of fused-ring (bicyclic) bond motifs is 10. The van der Waals surface area contributed by atoms with Gasteiger partial charge in [-0.3, -0.25) is 0 Å². The predicted octanol–water partition coefficient (Wildman–Crippen LogP) is 10.3. The van der Waals surface area contributed by atoms with Crippen molar-refractivity contribution in [1.82, 2.24) is 4.40 Å². The standard InChI is InChI=1S/C60H40BN3Si/c1-6-21-41(22-7-1)62-54-34-19-17-32-51(54)61-52-40-57-48(39-58(52)63(42-23-8-2-9-24-42)56-36-20-35-55(62)59(56)61)50-38-46(37-49-47-31-16-18-33-53(47)64(57)60(49)50)65(43-25-10-3-11-26-43,44-27-12-4-13-28-44)45-29-14-5-15-30-45/h1-40H. The van der Waals surface area contributed by atoms with Gasteiger partial charge in [-0.1, -0.05) is 182 Å². The third kappa shape index (κ3) is 5.01. The van der Waals surface area contributed by atoms with Gasteiger partial charge in [0, 0.05) is 55.7 Å². The summed E-state index contributed by atoms with van der Waals surface area (Å²) in [6.07, 6.45) is 0. The summed E-state index contributed by atoms with van der Waals surface area (Å²) in [6.45, 7) is 0.0171. The lowest BCUT2D eigenvalue weighted by molar-refractivity contribution is 1.25. The summed E-state index contributed by atoms with van der Waals surface area (Å²) >= 11 is 0. The van der Waals surface area contributed by atoms with Crippen molar-refractivity contribution in [3.05, 3.63) is 243 Å². The third-order valence-electron chi connectivity index (χ3n) is 14.4. The van der Waals surface area contributed by atoms with E-state index >= 15 is 0 Å². The summed E-state index contributed by atoms with van der Waals surface area (Å²) in [5.74, 6) is 0. The van der Waals surface area contributed by atoms with Crippen LogP contribution in [-0.2, 0) is 0 Å². The van der Waals surface area contributed by atoms with Crippen molar-refractivity contribution in [2.24, 2.45) is 0 Å². The Morgan fingerprint density at radius 1 is 0.308 bits per heavy atom. The molecule has 10 aromatic carbocycles. The van der Waals surface area contributed by atoms with Gasteiger partial charge >= 0.3 is 0 Å². The monoisotopic (exact) mass is 841 g/mol. The maximum Gasteiger partial charge on any atom is 0.252 e. The van der Waals surface area contributed by atoms with Crippen LogP contribution in [0.4, 0.5) is 34.1 Å². The topological polar surface area (TPSA) is 10.9 Å². The summed E-state index contributed by atoms with van der Waals surface area (Å²) in [6, 6.07) is 91.1. The summed E-state index contributed by atoms with van der Waals surface area (Å²) in [4.78, 5) is 5.00. The van der Waals surface area contributed by atoms with E-state index in [0.29, 0.717) is 0 Å². The molecule has 14 rings (SSSR count). The van der Waals surface area contributed by atoms with Gasteiger partial charge in [-0.05, 0) is 97.8 Å². The quantitative estimate of drug-likeness (QED) is 0.122. The molecule has 0 fully saturated rings. The van der Waals surface area contributed by atoms with Crippen LogP contribution in [0.25, 0.3) is 38.1 Å². The molecule has 0 radical (unpaired) electrons. The summed E-state index contributed by atoms with van der Waals surface area (Å²) in [5, 5.41) is 10.6. The molecule has 0 aliphatic carbocycles. The number of hydrogen-bond acceptors (Lipinski definition) is 2. The first-order chi connectivity index (χ1) is 32.3. The van der Waals surface area contributed by atoms with Gasteiger partial charge in [-0.25, -0.2) is 0 Å². The van der Waals surface area contributed by atoms with E-state index in [-0.39, 0.29) is 6.71 Å². The van der Waals surface area contributed by atoms with E-state index in [9.17, 15) is 0 Å². The number of nitrogens with zero attached hydrogens (tertiary/aromatic N) is 3. The van der Waals surface area contributed by atoms with Crippen LogP contribution in [0.1, 0.15) is 0 Å². The van der Waals surface area contributed by atoms with Gasteiger partial charge in [-0.2, -0.15) is 0 Å². The molecule has 0 saturated heterocycles. The molecule has 0 amide bonds. The minimum absolute atomic E-state index is 0.0171. The van der Waals surface area contributed by atoms with Crippen LogP contribution in [-0.4, -0.2) is 19.2 Å². The number of benzene rings is 10. The van der Waals surface area contributed by atoms with Crippen LogP contribution in [0.3, 0.4) is 0 Å². The molecule has 0 spiro atoms. The lowest BCUT2D eigenvalue weighted by Crippen LogP contribution is -2.74. The van der Waals surface area contributed by atoms with Crippen LogP contribution in [0.15, 0.2) is 243 Å². The number of para-hydroxylation sites is 4. The molecular formula is C60H40BN3Si. The van der Waals surface area contributed by atoms with Gasteiger partial charge in [0.05, 0.1) is 16.6 Å². The van der Waals surface area contributed by atoms with E-state index in [4.69, 9.17) is 0 Å². The highest BCUT2D eigenvalue weighted by Crippen LogP contribution is 2.46. The molecule has 12 aromatic rings. The average Bonchev–Trinajstić information content (AvgIpc) is 3.89. The van der Waals surface area contributed by atoms with Crippen LogP contribution in [0.5, 0.6) is 0 Å². The first kappa shape index (κ1) is 36.4. The number of aromatic nitrogens is 1. The lowest BCUT2D eigenvalue weighted by Gasteiger charge is -2.44. The molecule has 2 aliphatic heterocycles. The smallest absolute Gasteiger partial charge is 0.252 e. The summed E-state index contributed by atoms with van der Waals surface area (Å²) in [5.41, 5.74) is 14.9. The minimum Gasteiger partial charge on any atom is -0.311 e. The maximum absolute atomic E-state index is 2.88. The average molecular weight is 842 g/mol. The fourth-order valence-electron chi connectivity index (χ4n) is 11.9. The van der Waals surface area contributed by atoms with Crippen molar-refractivity contribution >= 4 is 124 Å². The zero-order valence-corrected chi connectivity index (χ0v) is 36.5. The van der Waals surface area contributed by atoms with Gasteiger partial charge in [-0.15, -0.1) is 0 Å². The molecule has 0 N–H and O–H groups in total. The summed E-state index contributed by atoms with van der Waals surface area (Å²) in [7, 11) is -2.88. The Hall–Kier alpha value is -8.12. The number of rotatable bonds is 6. The molecule has 0 atom stereocenters. The van der Waals surface area contributed by atoms with Gasteiger partial charge in [0.15, 0.2) is 8.07 Å². The number of anilines is 6. The van der Waals surface area contributed by atoms with Crippen molar-refractivity contribution in [2.45, 2.75) is 0 Å². The lowest BCUT2D eigenvalue weighted by atomic mass is 9.33.